The molecule has 1 aromatic carbocycles. The van der Waals surface area contributed by atoms with Gasteiger partial charge in [0.2, 0.25) is 0 Å². The highest BCUT2D eigenvalue weighted by Crippen LogP contribution is 2.29. The van der Waals surface area contributed by atoms with Crippen molar-refractivity contribution >= 4 is 18.0 Å². The number of thioether (sulfide) groups is 1. The summed E-state index contributed by atoms with van der Waals surface area (Å²) >= 11 is 1.62. The second-order valence-electron chi connectivity index (χ2n) is 3.31. The highest BCUT2D eigenvalue weighted by Gasteiger charge is 2.02. The Balaban J connectivity index is 2.17. The van der Waals surface area contributed by atoms with Gasteiger partial charge in [0.1, 0.15) is 0 Å². The number of rotatable bonds is 3. The van der Waals surface area contributed by atoms with Crippen LogP contribution in [-0.2, 0) is 4.79 Å². The standard InChI is InChI=1S/C13H10OS/c1-10-2-5-12(6-3-10)15-13-7-4-11(8-13)9-14/h2-7,9H,1H3. The molecule has 0 N–H and O–H groups in total. The van der Waals surface area contributed by atoms with Crippen molar-refractivity contribution in [3.63, 3.8) is 0 Å². The average molecular weight is 214 g/mol. The predicted molar refractivity (Wildman–Crippen MR) is 62.8 cm³/mol. The Hall–Kier alpha value is -1.50. The van der Waals surface area contributed by atoms with Gasteiger partial charge in [-0.05, 0) is 31.2 Å². The molecule has 0 amide bonds. The van der Waals surface area contributed by atoms with Crippen molar-refractivity contribution in [1.29, 1.82) is 0 Å². The van der Waals surface area contributed by atoms with Gasteiger partial charge in [-0.25, -0.2) is 0 Å². The van der Waals surface area contributed by atoms with E-state index in [0.29, 0.717) is 5.57 Å². The lowest BCUT2D eigenvalue weighted by Gasteiger charge is -1.99. The zero-order valence-electron chi connectivity index (χ0n) is 8.36. The van der Waals surface area contributed by atoms with Gasteiger partial charge in [0.15, 0.2) is 6.29 Å². The summed E-state index contributed by atoms with van der Waals surface area (Å²) in [6.45, 7) is 2.06. The Morgan fingerprint density at radius 3 is 2.53 bits per heavy atom. The van der Waals surface area contributed by atoms with Crippen LogP contribution in [0, 0.1) is 6.92 Å². The Kier molecular flexibility index (Phi) is 2.91. The lowest BCUT2D eigenvalue weighted by atomic mass is 10.2. The van der Waals surface area contributed by atoms with E-state index < -0.39 is 0 Å². The van der Waals surface area contributed by atoms with E-state index in [1.165, 1.54) is 10.5 Å². The van der Waals surface area contributed by atoms with E-state index in [9.17, 15) is 4.79 Å². The van der Waals surface area contributed by atoms with Crippen LogP contribution in [0.3, 0.4) is 0 Å². The van der Waals surface area contributed by atoms with Gasteiger partial charge in [0.25, 0.3) is 0 Å². The third kappa shape index (κ3) is 2.50. The molecule has 0 saturated heterocycles. The lowest BCUT2D eigenvalue weighted by Crippen LogP contribution is -1.73. The molecule has 0 saturated carbocycles. The van der Waals surface area contributed by atoms with Crippen molar-refractivity contribution in [1.82, 2.24) is 0 Å². The van der Waals surface area contributed by atoms with Gasteiger partial charge in [-0.15, -0.1) is 0 Å². The van der Waals surface area contributed by atoms with E-state index in [0.717, 1.165) is 11.2 Å². The Labute approximate surface area is 93.2 Å². The highest BCUT2D eigenvalue weighted by molar-refractivity contribution is 8.03. The zero-order valence-corrected chi connectivity index (χ0v) is 9.17. The van der Waals surface area contributed by atoms with Gasteiger partial charge in [-0.2, -0.15) is 0 Å². The molecule has 0 atom stereocenters. The molecule has 0 radical (unpaired) electrons. The molecule has 1 nitrogen and oxygen atoms in total. The molecule has 0 spiro atoms. The van der Waals surface area contributed by atoms with Crippen LogP contribution in [-0.4, -0.2) is 6.29 Å². The maximum Gasteiger partial charge on any atom is 0.157 e. The summed E-state index contributed by atoms with van der Waals surface area (Å²) in [6.07, 6.45) is 4.51. The van der Waals surface area contributed by atoms with Gasteiger partial charge >= 0.3 is 0 Å². The quantitative estimate of drug-likeness (QED) is 0.567. The summed E-state index contributed by atoms with van der Waals surface area (Å²) in [4.78, 5) is 12.6. The van der Waals surface area contributed by atoms with E-state index >= 15 is 0 Å². The van der Waals surface area contributed by atoms with Crippen LogP contribution >= 0.6 is 11.8 Å². The average Bonchev–Trinajstić information content (AvgIpc) is 2.69. The van der Waals surface area contributed by atoms with Crippen molar-refractivity contribution in [2.75, 3.05) is 0 Å². The summed E-state index contributed by atoms with van der Waals surface area (Å²) in [5, 5.41) is 0. The molecule has 0 aliphatic heterocycles. The second kappa shape index (κ2) is 4.35. The summed E-state index contributed by atoms with van der Waals surface area (Å²) in [5.74, 6) is 0. The lowest BCUT2D eigenvalue weighted by molar-refractivity contribution is -0.104. The molecule has 0 bridgehead atoms. The van der Waals surface area contributed by atoms with E-state index in [-0.39, 0.29) is 0 Å². The largest absolute Gasteiger partial charge is 0.297 e. The number of carbonyl (C=O) groups is 1. The van der Waals surface area contributed by atoms with Crippen LogP contribution in [0.2, 0.25) is 0 Å². The summed E-state index contributed by atoms with van der Waals surface area (Å²) in [6, 6.07) is 8.29. The van der Waals surface area contributed by atoms with Crippen molar-refractivity contribution in [2.45, 2.75) is 11.8 Å². The fraction of sp³-hybridized carbons (Fsp3) is 0.0769. The Morgan fingerprint density at radius 2 is 1.93 bits per heavy atom. The molecular formula is C13H10OS. The third-order valence-electron chi connectivity index (χ3n) is 2.06. The van der Waals surface area contributed by atoms with Crippen molar-refractivity contribution in [3.8, 4) is 0 Å². The smallest absolute Gasteiger partial charge is 0.157 e. The van der Waals surface area contributed by atoms with Crippen LogP contribution in [0.25, 0.3) is 0 Å². The zero-order chi connectivity index (χ0) is 10.7. The Morgan fingerprint density at radius 1 is 1.20 bits per heavy atom. The van der Waals surface area contributed by atoms with Gasteiger partial charge in [0.05, 0.1) is 10.5 Å². The predicted octanol–water partition coefficient (Wildman–Crippen LogP) is 3.27. The number of aryl methyl sites for hydroxylation is 1. The molecule has 1 aromatic rings. The monoisotopic (exact) mass is 214 g/mol. The van der Waals surface area contributed by atoms with Crippen LogP contribution < -0.4 is 0 Å². The minimum Gasteiger partial charge on any atom is -0.297 e. The van der Waals surface area contributed by atoms with E-state index in [1.807, 2.05) is 6.08 Å². The molecule has 2 rings (SSSR count). The molecule has 0 unspecified atom stereocenters. The summed E-state index contributed by atoms with van der Waals surface area (Å²) in [7, 11) is 0. The normalized spacial score (nSPS) is 13.7. The number of hydrogen-bond acceptors (Lipinski definition) is 2. The maximum atomic E-state index is 10.5. The van der Waals surface area contributed by atoms with Crippen LogP contribution in [0.5, 0.6) is 0 Å². The molecule has 0 fully saturated rings. The number of carbonyl (C=O) groups excluding carboxylic acids is 1. The molecule has 1 aliphatic carbocycles. The van der Waals surface area contributed by atoms with Crippen LogP contribution in [0.15, 0.2) is 57.5 Å². The number of hydrogen-bond donors (Lipinski definition) is 0. The molecule has 15 heavy (non-hydrogen) atoms. The first-order valence-corrected chi connectivity index (χ1v) is 5.48. The second-order valence-corrected chi connectivity index (χ2v) is 4.43. The van der Waals surface area contributed by atoms with Crippen molar-refractivity contribution < 1.29 is 4.79 Å². The topological polar surface area (TPSA) is 17.1 Å². The number of aldehydes is 1. The highest BCUT2D eigenvalue weighted by atomic mass is 32.2. The van der Waals surface area contributed by atoms with Gasteiger partial charge in [-0.3, -0.25) is 4.79 Å². The fourth-order valence-corrected chi connectivity index (χ4v) is 2.08. The molecule has 74 valence electrons. The first-order valence-electron chi connectivity index (χ1n) is 4.66. The molecule has 0 aromatic heterocycles. The van der Waals surface area contributed by atoms with Gasteiger partial charge < -0.3 is 0 Å². The van der Waals surface area contributed by atoms with Crippen molar-refractivity contribution in [2.24, 2.45) is 0 Å². The third-order valence-corrected chi connectivity index (χ3v) is 3.02. The molecular weight excluding hydrogens is 204 g/mol. The minimum atomic E-state index is 0.615. The first-order chi connectivity index (χ1) is 7.28. The minimum absolute atomic E-state index is 0.615. The van der Waals surface area contributed by atoms with E-state index in [4.69, 9.17) is 0 Å². The van der Waals surface area contributed by atoms with Crippen molar-refractivity contribution in [3.05, 3.63) is 58.2 Å². The first kappa shape index (κ1) is 10.0. The molecule has 2 heteroatoms. The fourth-order valence-electron chi connectivity index (χ4n) is 1.25. The van der Waals surface area contributed by atoms with E-state index in [2.05, 4.69) is 36.9 Å². The van der Waals surface area contributed by atoms with Gasteiger partial charge in [-0.1, -0.05) is 35.2 Å². The number of benzene rings is 1. The van der Waals surface area contributed by atoms with Crippen LogP contribution in [0.4, 0.5) is 0 Å². The molecule has 0 heterocycles. The maximum absolute atomic E-state index is 10.5. The number of allylic oxidation sites excluding steroid dienone is 2. The SMILES string of the molecule is Cc1ccc(SC2=C=C(C=O)C=C2)cc1. The summed E-state index contributed by atoms with van der Waals surface area (Å²) in [5.41, 5.74) is 4.89. The Bertz CT molecular complexity index is 474. The van der Waals surface area contributed by atoms with Gasteiger partial charge in [0, 0.05) is 4.90 Å². The van der Waals surface area contributed by atoms with Crippen LogP contribution in [0.1, 0.15) is 5.56 Å². The summed E-state index contributed by atoms with van der Waals surface area (Å²) < 4.78 is 0. The van der Waals surface area contributed by atoms with E-state index in [1.54, 1.807) is 17.8 Å². The molecule has 1 aliphatic rings.